The third kappa shape index (κ3) is 4.59. The summed E-state index contributed by atoms with van der Waals surface area (Å²) in [6, 6.07) is 2.71. The van der Waals surface area contributed by atoms with Crippen LogP contribution in [0.2, 0.25) is 0 Å². The third-order valence-electron chi connectivity index (χ3n) is 4.45. The number of hydrogen-bond donors (Lipinski definition) is 2. The Morgan fingerprint density at radius 2 is 1.63 bits per heavy atom. The summed E-state index contributed by atoms with van der Waals surface area (Å²) in [5.41, 5.74) is 0.758. The summed E-state index contributed by atoms with van der Waals surface area (Å²) in [4.78, 5) is 37.1. The number of esters is 1. The van der Waals surface area contributed by atoms with Gasteiger partial charge in [0.15, 0.2) is 6.61 Å². The van der Waals surface area contributed by atoms with E-state index in [9.17, 15) is 19.5 Å². The molecular formula is C20H28N2O5. The van der Waals surface area contributed by atoms with Crippen molar-refractivity contribution in [1.29, 1.82) is 0 Å². The highest BCUT2D eigenvalue weighted by atomic mass is 16.5. The fraction of sp³-hybridized carbons (Fsp3) is 0.550. The minimum absolute atomic E-state index is 0.163. The van der Waals surface area contributed by atoms with Crippen molar-refractivity contribution < 1.29 is 24.2 Å². The SMILES string of the molecule is CC(C)(C)c1cc(C(=O)OCC(=O)N2CCNC2=O)cc(C(C)(C)C)c1O. The van der Waals surface area contributed by atoms with Crippen molar-refractivity contribution >= 4 is 17.9 Å². The summed E-state index contributed by atoms with van der Waals surface area (Å²) in [5.74, 6) is -1.07. The molecule has 0 aromatic heterocycles. The van der Waals surface area contributed by atoms with Crippen LogP contribution in [0.25, 0.3) is 0 Å². The van der Waals surface area contributed by atoms with Crippen LogP contribution in [0, 0.1) is 0 Å². The Balaban J connectivity index is 2.27. The van der Waals surface area contributed by atoms with Crippen molar-refractivity contribution in [2.24, 2.45) is 0 Å². The molecule has 0 radical (unpaired) electrons. The maximum atomic E-state index is 12.5. The van der Waals surface area contributed by atoms with Gasteiger partial charge < -0.3 is 15.2 Å². The van der Waals surface area contributed by atoms with Gasteiger partial charge in [-0.25, -0.2) is 9.59 Å². The number of phenolic OH excluding ortho intramolecular Hbond substituents is 1. The average molecular weight is 376 g/mol. The molecule has 27 heavy (non-hydrogen) atoms. The number of ether oxygens (including phenoxy) is 1. The normalized spacial score (nSPS) is 14.9. The Morgan fingerprint density at radius 3 is 2.04 bits per heavy atom. The lowest BCUT2D eigenvalue weighted by atomic mass is 9.78. The molecule has 7 nitrogen and oxygen atoms in total. The third-order valence-corrected chi connectivity index (χ3v) is 4.45. The number of amides is 3. The minimum Gasteiger partial charge on any atom is -0.507 e. The second-order valence-corrected chi connectivity index (χ2v) is 8.77. The lowest BCUT2D eigenvalue weighted by Crippen LogP contribution is -2.37. The van der Waals surface area contributed by atoms with Crippen LogP contribution in [-0.4, -0.2) is 47.6 Å². The van der Waals surface area contributed by atoms with Crippen molar-refractivity contribution in [2.45, 2.75) is 52.4 Å². The average Bonchev–Trinajstić information content (AvgIpc) is 2.96. The van der Waals surface area contributed by atoms with Gasteiger partial charge in [-0.2, -0.15) is 0 Å². The van der Waals surface area contributed by atoms with Gasteiger partial charge in [0.2, 0.25) is 0 Å². The molecule has 0 atom stereocenters. The number of nitrogens with one attached hydrogen (secondary N) is 1. The number of nitrogens with zero attached hydrogens (tertiary/aromatic N) is 1. The Hall–Kier alpha value is -2.57. The molecule has 1 saturated heterocycles. The summed E-state index contributed by atoms with van der Waals surface area (Å²) in [7, 11) is 0. The van der Waals surface area contributed by atoms with E-state index in [1.807, 2.05) is 41.5 Å². The molecule has 0 saturated carbocycles. The fourth-order valence-corrected chi connectivity index (χ4v) is 2.89. The maximum absolute atomic E-state index is 12.5. The van der Waals surface area contributed by atoms with Crippen molar-refractivity contribution in [3.05, 3.63) is 28.8 Å². The van der Waals surface area contributed by atoms with E-state index in [0.29, 0.717) is 17.7 Å². The van der Waals surface area contributed by atoms with E-state index in [-0.39, 0.29) is 28.7 Å². The van der Waals surface area contributed by atoms with E-state index in [1.165, 1.54) is 0 Å². The molecule has 1 aromatic carbocycles. The first-order valence-corrected chi connectivity index (χ1v) is 8.95. The molecular weight excluding hydrogens is 348 g/mol. The second kappa shape index (κ2) is 7.21. The number of carbonyl (C=O) groups is 3. The number of rotatable bonds is 3. The van der Waals surface area contributed by atoms with Gasteiger partial charge in [0, 0.05) is 24.2 Å². The number of urea groups is 1. The molecule has 0 unspecified atom stereocenters. The first kappa shape index (κ1) is 20.7. The van der Waals surface area contributed by atoms with Crippen molar-refractivity contribution in [3.63, 3.8) is 0 Å². The smallest absolute Gasteiger partial charge is 0.338 e. The summed E-state index contributed by atoms with van der Waals surface area (Å²) < 4.78 is 5.13. The zero-order valence-electron chi connectivity index (χ0n) is 16.8. The zero-order chi connectivity index (χ0) is 20.6. The van der Waals surface area contributed by atoms with Crippen LogP contribution in [0.1, 0.15) is 63.0 Å². The van der Waals surface area contributed by atoms with E-state index < -0.39 is 24.5 Å². The van der Waals surface area contributed by atoms with Crippen LogP contribution >= 0.6 is 0 Å². The monoisotopic (exact) mass is 376 g/mol. The first-order valence-electron chi connectivity index (χ1n) is 8.95. The predicted octanol–water partition coefficient (Wildman–Crippen LogP) is 2.70. The minimum atomic E-state index is -0.668. The van der Waals surface area contributed by atoms with Gasteiger partial charge in [0.05, 0.1) is 5.56 Å². The molecule has 1 aliphatic rings. The first-order chi connectivity index (χ1) is 12.3. The van der Waals surface area contributed by atoms with E-state index in [2.05, 4.69) is 5.32 Å². The Kier molecular flexibility index (Phi) is 5.54. The van der Waals surface area contributed by atoms with Crippen molar-refractivity contribution in [2.75, 3.05) is 19.7 Å². The number of phenols is 1. The Labute approximate surface area is 159 Å². The highest BCUT2D eigenvalue weighted by molar-refractivity contribution is 5.98. The molecule has 1 aromatic rings. The standard InChI is InChI=1S/C20H28N2O5/c1-19(2,3)13-9-12(10-14(16(13)24)20(4,5)6)17(25)27-11-15(23)22-8-7-21-18(22)26/h9-10,24H,7-8,11H2,1-6H3,(H,21,26). The van der Waals surface area contributed by atoms with Crippen molar-refractivity contribution in [3.8, 4) is 5.75 Å². The molecule has 1 fully saturated rings. The number of aromatic hydroxyl groups is 1. The predicted molar refractivity (Wildman–Crippen MR) is 101 cm³/mol. The van der Waals surface area contributed by atoms with Crippen LogP contribution in [0.5, 0.6) is 5.75 Å². The Bertz CT molecular complexity index is 737. The summed E-state index contributed by atoms with van der Waals surface area (Å²) in [5, 5.41) is 13.2. The molecule has 0 bridgehead atoms. The highest BCUT2D eigenvalue weighted by Gasteiger charge is 2.30. The number of hydrogen-bond acceptors (Lipinski definition) is 5. The van der Waals surface area contributed by atoms with Crippen LogP contribution < -0.4 is 5.32 Å². The van der Waals surface area contributed by atoms with Crippen molar-refractivity contribution in [1.82, 2.24) is 10.2 Å². The van der Waals surface area contributed by atoms with Gasteiger partial charge >= 0.3 is 12.0 Å². The molecule has 1 heterocycles. The van der Waals surface area contributed by atoms with Gasteiger partial charge in [0.25, 0.3) is 5.91 Å². The Morgan fingerprint density at radius 1 is 1.11 bits per heavy atom. The quantitative estimate of drug-likeness (QED) is 0.791. The molecule has 2 rings (SSSR count). The second-order valence-electron chi connectivity index (χ2n) is 8.77. The molecule has 0 aliphatic carbocycles. The molecule has 2 N–H and O–H groups in total. The fourth-order valence-electron chi connectivity index (χ4n) is 2.89. The van der Waals surface area contributed by atoms with Crippen LogP contribution in [0.3, 0.4) is 0 Å². The van der Waals surface area contributed by atoms with E-state index in [1.54, 1.807) is 12.1 Å². The van der Waals surface area contributed by atoms with E-state index in [4.69, 9.17) is 4.74 Å². The number of carbonyl (C=O) groups excluding carboxylic acids is 3. The van der Waals surface area contributed by atoms with Crippen LogP contribution in [0.4, 0.5) is 4.79 Å². The van der Waals surface area contributed by atoms with Gasteiger partial charge in [-0.15, -0.1) is 0 Å². The lowest BCUT2D eigenvalue weighted by Gasteiger charge is -2.28. The molecule has 148 valence electrons. The van der Waals surface area contributed by atoms with Gasteiger partial charge in [-0.1, -0.05) is 41.5 Å². The molecule has 1 aliphatic heterocycles. The summed E-state index contributed by atoms with van der Waals surface area (Å²) in [6.45, 7) is 11.8. The summed E-state index contributed by atoms with van der Waals surface area (Å²) >= 11 is 0. The summed E-state index contributed by atoms with van der Waals surface area (Å²) in [6.07, 6.45) is 0. The van der Waals surface area contributed by atoms with Crippen LogP contribution in [-0.2, 0) is 20.4 Å². The maximum Gasteiger partial charge on any atom is 0.338 e. The van der Waals surface area contributed by atoms with Crippen LogP contribution in [0.15, 0.2) is 12.1 Å². The molecule has 3 amide bonds. The largest absolute Gasteiger partial charge is 0.507 e. The number of imide groups is 1. The zero-order valence-corrected chi connectivity index (χ0v) is 16.8. The van der Waals surface area contributed by atoms with E-state index in [0.717, 1.165) is 4.90 Å². The number of benzene rings is 1. The lowest BCUT2D eigenvalue weighted by molar-refractivity contribution is -0.130. The van der Waals surface area contributed by atoms with E-state index >= 15 is 0 Å². The topological polar surface area (TPSA) is 95.9 Å². The highest BCUT2D eigenvalue weighted by Crippen LogP contribution is 2.39. The molecule has 0 spiro atoms. The van der Waals surface area contributed by atoms with Gasteiger partial charge in [0.1, 0.15) is 5.75 Å². The van der Waals surface area contributed by atoms with Gasteiger partial charge in [-0.3, -0.25) is 9.69 Å². The van der Waals surface area contributed by atoms with Gasteiger partial charge in [-0.05, 0) is 23.0 Å². The molecule has 7 heteroatoms.